The predicted molar refractivity (Wildman–Crippen MR) is 83.2 cm³/mol. The summed E-state index contributed by atoms with van der Waals surface area (Å²) in [6.07, 6.45) is 0.248. The molecule has 0 unspecified atom stereocenters. The maximum absolute atomic E-state index is 10.5. The van der Waals surface area contributed by atoms with E-state index in [1.165, 1.54) is 8.66 Å². The molecule has 19 heavy (non-hydrogen) atoms. The van der Waals surface area contributed by atoms with Crippen molar-refractivity contribution in [3.05, 3.63) is 20.8 Å². The molecule has 1 fully saturated rings. The summed E-state index contributed by atoms with van der Waals surface area (Å²) in [5.74, 6) is -0.708. The molecule has 0 aliphatic carbocycles. The van der Waals surface area contributed by atoms with E-state index in [4.69, 9.17) is 5.11 Å². The van der Waals surface area contributed by atoms with Crippen molar-refractivity contribution in [2.24, 2.45) is 0 Å². The summed E-state index contributed by atoms with van der Waals surface area (Å²) in [7, 11) is 0. The van der Waals surface area contributed by atoms with Crippen molar-refractivity contribution in [2.75, 3.05) is 32.7 Å². The monoisotopic (exact) mass is 368 g/mol. The maximum Gasteiger partial charge on any atom is 0.304 e. The fourth-order valence-electron chi connectivity index (χ4n) is 2.08. The van der Waals surface area contributed by atoms with E-state index in [1.807, 2.05) is 0 Å². The number of carboxylic acids is 1. The topological polar surface area (TPSA) is 43.8 Å². The molecule has 4 nitrogen and oxygen atoms in total. The van der Waals surface area contributed by atoms with Gasteiger partial charge in [0, 0.05) is 44.1 Å². The Morgan fingerprint density at radius 3 is 2.42 bits per heavy atom. The highest BCUT2D eigenvalue weighted by molar-refractivity contribution is 9.11. The van der Waals surface area contributed by atoms with Gasteiger partial charge < -0.3 is 10.0 Å². The van der Waals surface area contributed by atoms with Gasteiger partial charge in [-0.25, -0.2) is 0 Å². The third-order valence-corrected chi connectivity index (χ3v) is 4.72. The van der Waals surface area contributed by atoms with E-state index >= 15 is 0 Å². The Morgan fingerprint density at radius 2 is 1.89 bits per heavy atom. The minimum atomic E-state index is -0.708. The van der Waals surface area contributed by atoms with E-state index in [0.29, 0.717) is 6.54 Å². The van der Waals surface area contributed by atoms with Crippen LogP contribution in [0, 0.1) is 0 Å². The van der Waals surface area contributed by atoms with Crippen molar-refractivity contribution in [2.45, 2.75) is 13.0 Å². The highest BCUT2D eigenvalue weighted by Crippen LogP contribution is 2.23. The fourth-order valence-corrected chi connectivity index (χ4v) is 3.61. The van der Waals surface area contributed by atoms with Crippen molar-refractivity contribution in [3.8, 4) is 0 Å². The summed E-state index contributed by atoms with van der Waals surface area (Å²) >= 11 is 5.26. The molecule has 0 saturated carbocycles. The molecule has 1 N–H and O–H groups in total. The van der Waals surface area contributed by atoms with Crippen molar-refractivity contribution < 1.29 is 9.90 Å². The molecule has 1 aliphatic rings. The second-order valence-electron chi connectivity index (χ2n) is 4.47. The van der Waals surface area contributed by atoms with Gasteiger partial charge in [-0.15, -0.1) is 23.7 Å². The number of halogens is 2. The summed E-state index contributed by atoms with van der Waals surface area (Å²) in [4.78, 5) is 16.5. The van der Waals surface area contributed by atoms with Crippen molar-refractivity contribution in [3.63, 3.8) is 0 Å². The zero-order valence-corrected chi connectivity index (χ0v) is 13.8. The molecule has 1 saturated heterocycles. The lowest BCUT2D eigenvalue weighted by atomic mass is 10.3. The zero-order chi connectivity index (χ0) is 13.0. The highest BCUT2D eigenvalue weighted by Gasteiger charge is 2.17. The largest absolute Gasteiger partial charge is 0.481 e. The smallest absolute Gasteiger partial charge is 0.304 e. The fraction of sp³-hybridized carbons (Fsp3) is 0.583. The van der Waals surface area contributed by atoms with Gasteiger partial charge in [0.2, 0.25) is 0 Å². The first-order valence-electron chi connectivity index (χ1n) is 6.04. The van der Waals surface area contributed by atoms with Crippen LogP contribution in [0.25, 0.3) is 0 Å². The zero-order valence-electron chi connectivity index (χ0n) is 10.5. The van der Waals surface area contributed by atoms with E-state index in [2.05, 4.69) is 37.9 Å². The van der Waals surface area contributed by atoms with E-state index in [9.17, 15) is 4.79 Å². The number of nitrogens with zero attached hydrogens (tertiary/aromatic N) is 2. The molecule has 7 heteroatoms. The standard InChI is InChI=1S/C12H17BrN2O2S.ClH/c13-11-2-1-10(18-11)9-15-7-5-14(6-8-15)4-3-12(16)17;/h1-2H,3-9H2,(H,16,17);1H. The number of piperazine rings is 1. The molecule has 2 heterocycles. The van der Waals surface area contributed by atoms with Crippen LogP contribution in [0.15, 0.2) is 15.9 Å². The Hall–Kier alpha value is -0.140. The van der Waals surface area contributed by atoms with Crippen LogP contribution in [-0.2, 0) is 11.3 Å². The number of carboxylic acid groups (broad SMARTS) is 1. The van der Waals surface area contributed by atoms with Gasteiger partial charge >= 0.3 is 5.97 Å². The molecule has 108 valence electrons. The molecule has 0 radical (unpaired) electrons. The number of thiophene rings is 1. The summed E-state index contributed by atoms with van der Waals surface area (Å²) in [5, 5.41) is 8.65. The second kappa shape index (κ2) is 8.21. The van der Waals surface area contributed by atoms with Gasteiger partial charge in [-0.2, -0.15) is 0 Å². The van der Waals surface area contributed by atoms with Crippen LogP contribution in [0.5, 0.6) is 0 Å². The van der Waals surface area contributed by atoms with Gasteiger partial charge in [-0.05, 0) is 28.1 Å². The number of carbonyl (C=O) groups is 1. The molecular formula is C12H18BrClN2O2S. The van der Waals surface area contributed by atoms with Gasteiger partial charge in [-0.3, -0.25) is 9.69 Å². The average molecular weight is 370 g/mol. The minimum Gasteiger partial charge on any atom is -0.481 e. The Morgan fingerprint density at radius 1 is 1.26 bits per heavy atom. The molecule has 0 bridgehead atoms. The number of rotatable bonds is 5. The highest BCUT2D eigenvalue weighted by atomic mass is 79.9. The van der Waals surface area contributed by atoms with Crippen LogP contribution in [-0.4, -0.2) is 53.6 Å². The van der Waals surface area contributed by atoms with Crippen LogP contribution >= 0.6 is 39.7 Å². The first-order valence-corrected chi connectivity index (χ1v) is 7.65. The quantitative estimate of drug-likeness (QED) is 0.866. The van der Waals surface area contributed by atoms with Crippen molar-refractivity contribution in [1.29, 1.82) is 0 Å². The van der Waals surface area contributed by atoms with Crippen LogP contribution in [0.4, 0.5) is 0 Å². The SMILES string of the molecule is Cl.O=C(O)CCN1CCN(Cc2ccc(Br)s2)CC1. The number of hydrogen-bond donors (Lipinski definition) is 1. The Bertz CT molecular complexity index is 408. The average Bonchev–Trinajstić information content (AvgIpc) is 2.74. The lowest BCUT2D eigenvalue weighted by Gasteiger charge is -2.34. The lowest BCUT2D eigenvalue weighted by Crippen LogP contribution is -2.46. The third kappa shape index (κ3) is 5.79. The Kier molecular flexibility index (Phi) is 7.31. The van der Waals surface area contributed by atoms with Gasteiger partial charge in [0.05, 0.1) is 10.2 Å². The van der Waals surface area contributed by atoms with E-state index in [-0.39, 0.29) is 18.8 Å². The van der Waals surface area contributed by atoms with Crippen LogP contribution in [0.3, 0.4) is 0 Å². The first kappa shape index (κ1) is 16.9. The van der Waals surface area contributed by atoms with Crippen molar-refractivity contribution in [1.82, 2.24) is 9.80 Å². The third-order valence-electron chi connectivity index (χ3n) is 3.12. The molecule has 0 atom stereocenters. The molecular weight excluding hydrogens is 352 g/mol. The number of hydrogen-bond acceptors (Lipinski definition) is 4. The van der Waals surface area contributed by atoms with E-state index < -0.39 is 5.97 Å². The van der Waals surface area contributed by atoms with Crippen LogP contribution < -0.4 is 0 Å². The Balaban J connectivity index is 0.00000180. The summed E-state index contributed by atoms with van der Waals surface area (Å²) in [5.41, 5.74) is 0. The van der Waals surface area contributed by atoms with Crippen LogP contribution in [0.2, 0.25) is 0 Å². The van der Waals surface area contributed by atoms with Crippen molar-refractivity contribution >= 4 is 45.6 Å². The molecule has 2 rings (SSSR count). The van der Waals surface area contributed by atoms with Crippen LogP contribution in [0.1, 0.15) is 11.3 Å². The normalized spacial score (nSPS) is 17.1. The van der Waals surface area contributed by atoms with E-state index in [0.717, 1.165) is 32.7 Å². The minimum absolute atomic E-state index is 0. The second-order valence-corrected chi connectivity index (χ2v) is 7.01. The maximum atomic E-state index is 10.5. The van der Waals surface area contributed by atoms with Gasteiger partial charge in [-0.1, -0.05) is 0 Å². The molecule has 0 spiro atoms. The van der Waals surface area contributed by atoms with Gasteiger partial charge in [0.25, 0.3) is 0 Å². The molecule has 0 amide bonds. The lowest BCUT2D eigenvalue weighted by molar-refractivity contribution is -0.137. The molecule has 1 aromatic heterocycles. The predicted octanol–water partition coefficient (Wildman–Crippen LogP) is 2.52. The molecule has 1 aromatic rings. The van der Waals surface area contributed by atoms with Gasteiger partial charge in [0.1, 0.15) is 0 Å². The van der Waals surface area contributed by atoms with Gasteiger partial charge in [0.15, 0.2) is 0 Å². The summed E-state index contributed by atoms with van der Waals surface area (Å²) < 4.78 is 1.18. The number of aliphatic carboxylic acids is 1. The Labute approximate surface area is 131 Å². The summed E-state index contributed by atoms with van der Waals surface area (Å²) in [6.45, 7) is 5.67. The first-order chi connectivity index (χ1) is 8.63. The van der Waals surface area contributed by atoms with E-state index in [1.54, 1.807) is 11.3 Å². The summed E-state index contributed by atoms with van der Waals surface area (Å²) in [6, 6.07) is 4.24. The molecule has 0 aromatic carbocycles. The molecule has 1 aliphatic heterocycles.